The quantitative estimate of drug-likeness (QED) is 0.750. The molecular weight excluding hydrogens is 304 g/mol. The van der Waals surface area contributed by atoms with Crippen molar-refractivity contribution >= 4 is 21.5 Å². The molecule has 0 spiro atoms. The number of hydrogen-bond donors (Lipinski definition) is 0. The number of fused-ring (bicyclic) bond motifs is 1. The Kier molecular flexibility index (Phi) is 3.93. The second-order valence-electron chi connectivity index (χ2n) is 6.90. The third-order valence-electron chi connectivity index (χ3n) is 4.68. The van der Waals surface area contributed by atoms with Crippen LogP contribution >= 0.6 is 0 Å². The lowest BCUT2D eigenvalue weighted by molar-refractivity contribution is 0.473. The van der Waals surface area contributed by atoms with Gasteiger partial charge in [0.25, 0.3) is 0 Å². The normalized spacial score (nSPS) is 19.2. The molecule has 1 heterocycles. The molecule has 0 saturated carbocycles. The first-order chi connectivity index (χ1) is 10.8. The van der Waals surface area contributed by atoms with Gasteiger partial charge in [-0.3, -0.25) is 0 Å². The van der Waals surface area contributed by atoms with E-state index >= 15 is 0 Å². The zero-order chi connectivity index (χ0) is 16.7. The van der Waals surface area contributed by atoms with E-state index in [4.69, 9.17) is 0 Å². The molecular formula is C20H22O2S. The van der Waals surface area contributed by atoms with Gasteiger partial charge in [-0.25, -0.2) is 8.42 Å². The van der Waals surface area contributed by atoms with E-state index in [0.717, 1.165) is 22.3 Å². The molecule has 3 heteroatoms. The first-order valence-corrected chi connectivity index (χ1v) is 9.56. The highest BCUT2D eigenvalue weighted by Crippen LogP contribution is 2.39. The zero-order valence-corrected chi connectivity index (χ0v) is 14.7. The molecule has 0 unspecified atom stereocenters. The van der Waals surface area contributed by atoms with Crippen molar-refractivity contribution in [3.63, 3.8) is 0 Å². The molecule has 0 amide bonds. The van der Waals surface area contributed by atoms with Crippen molar-refractivity contribution < 1.29 is 8.42 Å². The van der Waals surface area contributed by atoms with Crippen LogP contribution in [0.15, 0.2) is 53.4 Å². The Morgan fingerprint density at radius 2 is 1.78 bits per heavy atom. The molecule has 0 N–H and O–H groups in total. The third kappa shape index (κ3) is 3.11. The predicted molar refractivity (Wildman–Crippen MR) is 96.1 cm³/mol. The van der Waals surface area contributed by atoms with Gasteiger partial charge in [0.15, 0.2) is 9.84 Å². The molecule has 0 aliphatic carbocycles. The summed E-state index contributed by atoms with van der Waals surface area (Å²) in [5.74, 6) is 0.234. The van der Waals surface area contributed by atoms with E-state index in [1.807, 2.05) is 49.4 Å². The van der Waals surface area contributed by atoms with Crippen LogP contribution in [0, 0.1) is 0 Å². The molecule has 0 aromatic heterocycles. The second kappa shape index (κ2) is 5.64. The van der Waals surface area contributed by atoms with Crippen LogP contribution in [0.3, 0.4) is 0 Å². The minimum absolute atomic E-state index is 0.0859. The van der Waals surface area contributed by atoms with Gasteiger partial charge in [-0.05, 0) is 47.1 Å². The standard InChI is InChI=1S/C20H22O2S/c1-15(17-7-5-4-6-8-17)13-16-9-10-18-19(14-16)23(21,22)12-11-20(18,2)3/h4-10,13-14H,11-12H2,1-3H3. The smallest absolute Gasteiger partial charge is 0.178 e. The Bertz CT molecular complexity index is 860. The summed E-state index contributed by atoms with van der Waals surface area (Å²) in [6, 6.07) is 16.0. The van der Waals surface area contributed by atoms with Crippen molar-refractivity contribution in [2.45, 2.75) is 37.5 Å². The minimum Gasteiger partial charge on any atom is -0.224 e. The second-order valence-corrected chi connectivity index (χ2v) is 8.98. The highest BCUT2D eigenvalue weighted by molar-refractivity contribution is 7.91. The van der Waals surface area contributed by atoms with Gasteiger partial charge >= 0.3 is 0 Å². The fourth-order valence-electron chi connectivity index (χ4n) is 3.11. The third-order valence-corrected chi connectivity index (χ3v) is 6.43. The van der Waals surface area contributed by atoms with Gasteiger partial charge in [0.05, 0.1) is 10.6 Å². The van der Waals surface area contributed by atoms with Crippen LogP contribution in [0.5, 0.6) is 0 Å². The van der Waals surface area contributed by atoms with Gasteiger partial charge in [-0.2, -0.15) is 0 Å². The Morgan fingerprint density at radius 1 is 1.09 bits per heavy atom. The number of allylic oxidation sites excluding steroid dienone is 1. The van der Waals surface area contributed by atoms with E-state index in [1.54, 1.807) is 0 Å². The fraction of sp³-hybridized carbons (Fsp3) is 0.300. The fourth-order valence-corrected chi connectivity index (χ4v) is 5.11. The lowest BCUT2D eigenvalue weighted by Gasteiger charge is -2.32. The first kappa shape index (κ1) is 16.0. The van der Waals surface area contributed by atoms with E-state index in [9.17, 15) is 8.42 Å². The van der Waals surface area contributed by atoms with Crippen LogP contribution in [0.25, 0.3) is 11.6 Å². The zero-order valence-electron chi connectivity index (χ0n) is 13.8. The van der Waals surface area contributed by atoms with E-state index in [2.05, 4.69) is 26.0 Å². The summed E-state index contributed by atoms with van der Waals surface area (Å²) >= 11 is 0. The Hall–Kier alpha value is -1.87. The highest BCUT2D eigenvalue weighted by Gasteiger charge is 2.35. The summed E-state index contributed by atoms with van der Waals surface area (Å²) in [6.45, 7) is 6.28. The molecule has 2 nitrogen and oxygen atoms in total. The molecule has 0 bridgehead atoms. The lowest BCUT2D eigenvalue weighted by Crippen LogP contribution is -2.30. The number of benzene rings is 2. The molecule has 0 saturated heterocycles. The minimum atomic E-state index is -3.17. The van der Waals surface area contributed by atoms with Crippen molar-refractivity contribution in [2.24, 2.45) is 0 Å². The maximum atomic E-state index is 12.4. The van der Waals surface area contributed by atoms with Gasteiger partial charge in [0.1, 0.15) is 0 Å². The summed E-state index contributed by atoms with van der Waals surface area (Å²) in [5, 5.41) is 0. The summed E-state index contributed by atoms with van der Waals surface area (Å²) in [6.07, 6.45) is 2.73. The van der Waals surface area contributed by atoms with Gasteiger partial charge < -0.3 is 0 Å². The summed E-state index contributed by atoms with van der Waals surface area (Å²) in [7, 11) is -3.17. The van der Waals surface area contributed by atoms with Crippen molar-refractivity contribution in [3.8, 4) is 0 Å². The van der Waals surface area contributed by atoms with Crippen LogP contribution in [-0.4, -0.2) is 14.2 Å². The monoisotopic (exact) mass is 326 g/mol. The Morgan fingerprint density at radius 3 is 2.48 bits per heavy atom. The van der Waals surface area contributed by atoms with Gasteiger partial charge in [0.2, 0.25) is 0 Å². The maximum absolute atomic E-state index is 12.4. The van der Waals surface area contributed by atoms with E-state index < -0.39 is 9.84 Å². The Labute approximate surface area is 138 Å². The van der Waals surface area contributed by atoms with Crippen molar-refractivity contribution in [1.29, 1.82) is 0 Å². The average Bonchev–Trinajstić information content (AvgIpc) is 2.53. The average molecular weight is 326 g/mol. The van der Waals surface area contributed by atoms with E-state index in [-0.39, 0.29) is 11.2 Å². The molecule has 1 aliphatic rings. The van der Waals surface area contributed by atoms with Gasteiger partial charge in [-0.1, -0.05) is 62.4 Å². The molecule has 2 aromatic carbocycles. The molecule has 0 radical (unpaired) electrons. The maximum Gasteiger partial charge on any atom is 0.178 e. The molecule has 1 aliphatic heterocycles. The van der Waals surface area contributed by atoms with Crippen LogP contribution in [-0.2, 0) is 15.3 Å². The van der Waals surface area contributed by atoms with Crippen LogP contribution in [0.1, 0.15) is 43.9 Å². The van der Waals surface area contributed by atoms with Gasteiger partial charge in [-0.15, -0.1) is 0 Å². The largest absolute Gasteiger partial charge is 0.224 e. The molecule has 0 fully saturated rings. The first-order valence-electron chi connectivity index (χ1n) is 7.91. The van der Waals surface area contributed by atoms with Crippen LogP contribution in [0.2, 0.25) is 0 Å². The molecule has 120 valence electrons. The van der Waals surface area contributed by atoms with E-state index in [0.29, 0.717) is 11.3 Å². The number of hydrogen-bond acceptors (Lipinski definition) is 2. The van der Waals surface area contributed by atoms with Gasteiger partial charge in [0, 0.05) is 0 Å². The van der Waals surface area contributed by atoms with Crippen molar-refractivity contribution in [1.82, 2.24) is 0 Å². The Balaban J connectivity index is 2.08. The molecule has 2 aromatic rings. The predicted octanol–water partition coefficient (Wildman–Crippen LogP) is 4.70. The van der Waals surface area contributed by atoms with Crippen LogP contribution < -0.4 is 0 Å². The molecule has 23 heavy (non-hydrogen) atoms. The molecule has 3 rings (SSSR count). The topological polar surface area (TPSA) is 34.1 Å². The number of rotatable bonds is 2. The summed E-state index contributed by atoms with van der Waals surface area (Å²) in [5.41, 5.74) is 4.06. The number of sulfone groups is 1. The summed E-state index contributed by atoms with van der Waals surface area (Å²) in [4.78, 5) is 0.503. The lowest BCUT2D eigenvalue weighted by atomic mass is 9.81. The SMILES string of the molecule is CC(=Cc1ccc2c(c1)S(=O)(=O)CCC2(C)C)c1ccccc1. The van der Waals surface area contributed by atoms with E-state index in [1.165, 1.54) is 0 Å². The molecule has 0 atom stereocenters. The summed E-state index contributed by atoms with van der Waals surface area (Å²) < 4.78 is 24.9. The highest BCUT2D eigenvalue weighted by atomic mass is 32.2. The van der Waals surface area contributed by atoms with Crippen molar-refractivity contribution in [2.75, 3.05) is 5.75 Å². The van der Waals surface area contributed by atoms with Crippen LogP contribution in [0.4, 0.5) is 0 Å². The van der Waals surface area contributed by atoms with Crippen molar-refractivity contribution in [3.05, 3.63) is 65.2 Å².